The van der Waals surface area contributed by atoms with Crippen molar-refractivity contribution in [3.05, 3.63) is 41.6 Å². The lowest BCUT2D eigenvalue weighted by atomic mass is 9.90. The van der Waals surface area contributed by atoms with Gasteiger partial charge < -0.3 is 14.4 Å². The van der Waals surface area contributed by atoms with Crippen LogP contribution in [0.4, 0.5) is 5.82 Å². The molecule has 1 saturated heterocycles. The maximum absolute atomic E-state index is 13.0. The Morgan fingerprint density at radius 3 is 2.47 bits per heavy atom. The number of benzene rings is 1. The minimum absolute atomic E-state index is 0.0871. The second-order valence-electron chi connectivity index (χ2n) is 10.0. The predicted molar refractivity (Wildman–Crippen MR) is 141 cm³/mol. The van der Waals surface area contributed by atoms with Gasteiger partial charge in [-0.2, -0.15) is 0 Å². The molecular weight excluding hydrogens is 500 g/mol. The largest absolute Gasteiger partial charge is 0.495 e. The molecule has 196 valence electrons. The number of halogens is 1. The Morgan fingerprint density at radius 1 is 1.03 bits per heavy atom. The summed E-state index contributed by atoms with van der Waals surface area (Å²) in [5.41, 5.74) is 0. The number of nitrogens with one attached hydrogen (secondary N) is 1. The highest BCUT2D eigenvalue weighted by Crippen LogP contribution is 2.33. The molecule has 0 spiro atoms. The van der Waals surface area contributed by atoms with Crippen molar-refractivity contribution in [2.24, 2.45) is 5.92 Å². The molecule has 0 atom stereocenters. The standard InChI is InChI=1S/C26H35ClN4O4S/c1-34-23-11-6-20(27)17-25(23)36(32,33)29-21-7-9-22(10-8-21)30-13-15-31(16-14-30)26-24(3-2-12-28-26)35-18-19-4-5-19/h2-3,6,11-12,17,19,21-22,29H,4-5,7-10,13-16,18H2,1H3. The molecule has 1 aromatic heterocycles. The van der Waals surface area contributed by atoms with E-state index in [1.807, 2.05) is 18.3 Å². The lowest BCUT2D eigenvalue weighted by Gasteiger charge is -2.42. The number of sulfonamides is 1. The second-order valence-corrected chi connectivity index (χ2v) is 12.1. The summed E-state index contributed by atoms with van der Waals surface area (Å²) in [6.45, 7) is 4.56. The fourth-order valence-corrected chi connectivity index (χ4v) is 6.96. The highest BCUT2D eigenvalue weighted by Gasteiger charge is 2.32. The van der Waals surface area contributed by atoms with Crippen LogP contribution in [0.1, 0.15) is 38.5 Å². The predicted octanol–water partition coefficient (Wildman–Crippen LogP) is 3.94. The third-order valence-corrected chi connectivity index (χ3v) is 9.26. The molecule has 2 aromatic rings. The van der Waals surface area contributed by atoms with E-state index in [4.69, 9.17) is 21.1 Å². The maximum Gasteiger partial charge on any atom is 0.244 e. The van der Waals surface area contributed by atoms with Gasteiger partial charge in [0.2, 0.25) is 10.0 Å². The molecule has 5 rings (SSSR count). The highest BCUT2D eigenvalue weighted by molar-refractivity contribution is 7.89. The van der Waals surface area contributed by atoms with Gasteiger partial charge in [-0.1, -0.05) is 11.6 Å². The van der Waals surface area contributed by atoms with Gasteiger partial charge in [-0.3, -0.25) is 4.90 Å². The van der Waals surface area contributed by atoms with Gasteiger partial charge in [0.25, 0.3) is 0 Å². The van der Waals surface area contributed by atoms with Crippen LogP contribution in [-0.2, 0) is 10.0 Å². The first-order valence-electron chi connectivity index (χ1n) is 12.9. The number of piperazine rings is 1. The molecule has 0 unspecified atom stereocenters. The van der Waals surface area contributed by atoms with Crippen molar-refractivity contribution in [2.45, 2.75) is 55.5 Å². The smallest absolute Gasteiger partial charge is 0.244 e. The van der Waals surface area contributed by atoms with Gasteiger partial charge in [0.15, 0.2) is 11.6 Å². The zero-order valence-corrected chi connectivity index (χ0v) is 22.3. The van der Waals surface area contributed by atoms with Crippen molar-refractivity contribution in [3.8, 4) is 11.5 Å². The number of anilines is 1. The van der Waals surface area contributed by atoms with Crippen LogP contribution in [0.2, 0.25) is 5.02 Å². The molecule has 0 radical (unpaired) electrons. The Hall–Kier alpha value is -2.07. The minimum Gasteiger partial charge on any atom is -0.495 e. The van der Waals surface area contributed by atoms with Crippen LogP contribution in [0.15, 0.2) is 41.4 Å². The van der Waals surface area contributed by atoms with Crippen LogP contribution in [0.25, 0.3) is 0 Å². The third-order valence-electron chi connectivity index (χ3n) is 7.49. The summed E-state index contributed by atoms with van der Waals surface area (Å²) in [5.74, 6) is 2.85. The zero-order chi connectivity index (χ0) is 25.1. The van der Waals surface area contributed by atoms with Crippen molar-refractivity contribution >= 4 is 27.4 Å². The van der Waals surface area contributed by atoms with E-state index >= 15 is 0 Å². The Bertz CT molecular complexity index is 1140. The van der Waals surface area contributed by atoms with E-state index in [0.717, 1.165) is 70.0 Å². The normalized spacial score (nSPS) is 23.4. The van der Waals surface area contributed by atoms with Gasteiger partial charge in [0, 0.05) is 49.5 Å². The summed E-state index contributed by atoms with van der Waals surface area (Å²) in [7, 11) is -2.25. The fraction of sp³-hybridized carbons (Fsp3) is 0.577. The van der Waals surface area contributed by atoms with Gasteiger partial charge in [-0.15, -0.1) is 0 Å². The molecule has 1 aliphatic heterocycles. The monoisotopic (exact) mass is 534 g/mol. The Morgan fingerprint density at radius 2 is 1.78 bits per heavy atom. The summed E-state index contributed by atoms with van der Waals surface area (Å²) in [5, 5.41) is 0.367. The van der Waals surface area contributed by atoms with Gasteiger partial charge in [0.1, 0.15) is 10.6 Å². The van der Waals surface area contributed by atoms with Crippen molar-refractivity contribution in [3.63, 3.8) is 0 Å². The van der Waals surface area contributed by atoms with Gasteiger partial charge in [-0.25, -0.2) is 18.1 Å². The van der Waals surface area contributed by atoms with E-state index in [1.165, 1.54) is 26.0 Å². The van der Waals surface area contributed by atoms with E-state index in [2.05, 4.69) is 19.5 Å². The molecule has 0 amide bonds. The summed E-state index contributed by atoms with van der Waals surface area (Å²) >= 11 is 6.05. The molecule has 1 N–H and O–H groups in total. The lowest BCUT2D eigenvalue weighted by Crippen LogP contribution is -2.52. The number of nitrogens with zero attached hydrogens (tertiary/aromatic N) is 3. The number of hydrogen-bond donors (Lipinski definition) is 1. The molecular formula is C26H35ClN4O4S. The van der Waals surface area contributed by atoms with Crippen molar-refractivity contribution in [1.29, 1.82) is 0 Å². The van der Waals surface area contributed by atoms with Crippen LogP contribution in [0, 0.1) is 5.92 Å². The van der Waals surface area contributed by atoms with Crippen LogP contribution in [-0.4, -0.2) is 70.3 Å². The Labute approximate surface area is 219 Å². The first kappa shape index (κ1) is 25.6. The summed E-state index contributed by atoms with van der Waals surface area (Å²) < 4.78 is 40.2. The number of hydrogen-bond acceptors (Lipinski definition) is 7. The van der Waals surface area contributed by atoms with Crippen molar-refractivity contribution in [1.82, 2.24) is 14.6 Å². The SMILES string of the molecule is COc1ccc(Cl)cc1S(=O)(=O)NC1CCC(N2CCN(c3ncccc3OCC3CC3)CC2)CC1. The lowest BCUT2D eigenvalue weighted by molar-refractivity contribution is 0.139. The summed E-state index contributed by atoms with van der Waals surface area (Å²) in [6.07, 6.45) is 7.95. The van der Waals surface area contributed by atoms with E-state index in [1.54, 1.807) is 12.1 Å². The van der Waals surface area contributed by atoms with Crippen LogP contribution in [0.5, 0.6) is 11.5 Å². The minimum atomic E-state index is -3.71. The zero-order valence-electron chi connectivity index (χ0n) is 20.7. The molecule has 2 aliphatic carbocycles. The third kappa shape index (κ3) is 6.07. The molecule has 0 bridgehead atoms. The van der Waals surface area contributed by atoms with E-state index in [-0.39, 0.29) is 10.9 Å². The van der Waals surface area contributed by atoms with Gasteiger partial charge in [0.05, 0.1) is 13.7 Å². The summed E-state index contributed by atoms with van der Waals surface area (Å²) in [6, 6.07) is 9.01. The first-order valence-corrected chi connectivity index (χ1v) is 14.7. The van der Waals surface area contributed by atoms with E-state index < -0.39 is 10.0 Å². The molecule has 8 nitrogen and oxygen atoms in total. The molecule has 2 heterocycles. The Kier molecular flexibility index (Phi) is 7.90. The topological polar surface area (TPSA) is 84.0 Å². The fourth-order valence-electron chi connectivity index (χ4n) is 5.23. The van der Waals surface area contributed by atoms with Crippen molar-refractivity contribution < 1.29 is 17.9 Å². The maximum atomic E-state index is 13.0. The van der Waals surface area contributed by atoms with Gasteiger partial charge >= 0.3 is 0 Å². The molecule has 2 saturated carbocycles. The highest BCUT2D eigenvalue weighted by atomic mass is 35.5. The van der Waals surface area contributed by atoms with Crippen LogP contribution in [0.3, 0.4) is 0 Å². The van der Waals surface area contributed by atoms with Crippen LogP contribution < -0.4 is 19.1 Å². The molecule has 36 heavy (non-hydrogen) atoms. The molecule has 1 aromatic carbocycles. The van der Waals surface area contributed by atoms with Crippen LogP contribution >= 0.6 is 11.6 Å². The molecule has 10 heteroatoms. The number of aromatic nitrogens is 1. The number of rotatable bonds is 9. The first-order chi connectivity index (χ1) is 17.4. The van der Waals surface area contributed by atoms with E-state index in [9.17, 15) is 8.42 Å². The average Bonchev–Trinajstić information content (AvgIpc) is 3.73. The average molecular weight is 535 g/mol. The van der Waals surface area contributed by atoms with E-state index in [0.29, 0.717) is 22.7 Å². The van der Waals surface area contributed by atoms with Crippen molar-refractivity contribution in [2.75, 3.05) is 44.8 Å². The number of pyridine rings is 1. The Balaban J connectivity index is 1.12. The second kappa shape index (κ2) is 11.1. The van der Waals surface area contributed by atoms with Gasteiger partial charge in [-0.05, 0) is 74.8 Å². The number of methoxy groups -OCH3 is 1. The summed E-state index contributed by atoms with van der Waals surface area (Å²) in [4.78, 5) is 9.59. The number of ether oxygens (including phenoxy) is 2. The molecule has 3 aliphatic rings. The molecule has 3 fully saturated rings. The quantitative estimate of drug-likeness (QED) is 0.521.